The fourth-order valence-corrected chi connectivity index (χ4v) is 3.28. The summed E-state index contributed by atoms with van der Waals surface area (Å²) in [5.74, 6) is 0. The van der Waals surface area contributed by atoms with Crippen molar-refractivity contribution in [2.75, 3.05) is 6.54 Å². The summed E-state index contributed by atoms with van der Waals surface area (Å²) in [5.41, 5.74) is 1.00. The highest BCUT2D eigenvalue weighted by Gasteiger charge is 2.31. The van der Waals surface area contributed by atoms with Gasteiger partial charge in [-0.2, -0.15) is 13.2 Å². The smallest absolute Gasteiger partial charge is 0.313 e. The van der Waals surface area contributed by atoms with Gasteiger partial charge in [-0.25, -0.2) is 0 Å². The third kappa shape index (κ3) is 4.21. The molecule has 1 unspecified atom stereocenters. The van der Waals surface area contributed by atoms with E-state index in [9.17, 15) is 13.2 Å². The molecule has 0 radical (unpaired) electrons. The Morgan fingerprint density at radius 3 is 2.70 bits per heavy atom. The molecule has 1 N–H and O–H groups in total. The zero-order chi connectivity index (χ0) is 14.6. The van der Waals surface area contributed by atoms with E-state index in [-0.39, 0.29) is 0 Å². The Labute approximate surface area is 120 Å². The molecule has 0 aliphatic carbocycles. The first kappa shape index (κ1) is 15.3. The number of benzene rings is 1. The van der Waals surface area contributed by atoms with Crippen LogP contribution in [0.25, 0.3) is 10.1 Å². The van der Waals surface area contributed by atoms with Gasteiger partial charge in [0.25, 0.3) is 0 Å². The number of hydrogen-bond donors (Lipinski definition) is 1. The highest BCUT2D eigenvalue weighted by Crippen LogP contribution is 2.29. The molecule has 1 aromatic heterocycles. The summed E-state index contributed by atoms with van der Waals surface area (Å²) in [5, 5.41) is 6.06. The lowest BCUT2D eigenvalue weighted by Gasteiger charge is -2.20. The molecule has 0 saturated heterocycles. The largest absolute Gasteiger partial charge is 0.390 e. The fraction of sp³-hybridized carbons (Fsp3) is 0.467. The SMILES string of the molecule is CCCNC(Cc1csc2ccccc12)CC(F)(F)F. The van der Waals surface area contributed by atoms with Gasteiger partial charge in [-0.3, -0.25) is 0 Å². The Hall–Kier alpha value is -1.07. The lowest BCUT2D eigenvalue weighted by Crippen LogP contribution is -2.36. The van der Waals surface area contributed by atoms with E-state index < -0.39 is 18.6 Å². The summed E-state index contributed by atoms with van der Waals surface area (Å²) in [6.07, 6.45) is -3.66. The minimum Gasteiger partial charge on any atom is -0.313 e. The quantitative estimate of drug-likeness (QED) is 0.811. The Bertz CT molecular complexity index is 547. The number of halogens is 3. The van der Waals surface area contributed by atoms with Crippen LogP contribution in [-0.4, -0.2) is 18.8 Å². The van der Waals surface area contributed by atoms with Gasteiger partial charge in [0.1, 0.15) is 0 Å². The number of fused-ring (bicyclic) bond motifs is 1. The third-order valence-electron chi connectivity index (χ3n) is 3.19. The van der Waals surface area contributed by atoms with E-state index in [2.05, 4.69) is 5.32 Å². The van der Waals surface area contributed by atoms with Crippen LogP contribution in [-0.2, 0) is 6.42 Å². The highest BCUT2D eigenvalue weighted by molar-refractivity contribution is 7.17. The number of thiophene rings is 1. The van der Waals surface area contributed by atoms with Gasteiger partial charge in [0.15, 0.2) is 0 Å². The molecule has 0 bridgehead atoms. The monoisotopic (exact) mass is 301 g/mol. The van der Waals surface area contributed by atoms with Gasteiger partial charge in [0.05, 0.1) is 6.42 Å². The summed E-state index contributed by atoms with van der Waals surface area (Å²) >= 11 is 1.59. The number of hydrogen-bond acceptors (Lipinski definition) is 2. The molecule has 0 amide bonds. The standard InChI is InChI=1S/C15H18F3NS/c1-2-7-19-12(9-15(16,17)18)8-11-10-20-14-6-4-3-5-13(11)14/h3-6,10,12,19H,2,7-9H2,1H3. The molecular formula is C15H18F3NS. The maximum Gasteiger partial charge on any atom is 0.390 e. The second kappa shape index (κ2) is 6.59. The number of nitrogens with one attached hydrogen (secondary N) is 1. The van der Waals surface area contributed by atoms with Crippen molar-refractivity contribution < 1.29 is 13.2 Å². The van der Waals surface area contributed by atoms with Crippen molar-refractivity contribution in [1.82, 2.24) is 5.32 Å². The first-order valence-electron chi connectivity index (χ1n) is 6.75. The van der Waals surface area contributed by atoms with E-state index in [1.165, 1.54) is 0 Å². The maximum absolute atomic E-state index is 12.6. The summed E-state index contributed by atoms with van der Waals surface area (Å²) in [6.45, 7) is 2.57. The van der Waals surface area contributed by atoms with E-state index in [1.807, 2.05) is 36.6 Å². The molecule has 0 spiro atoms. The predicted molar refractivity (Wildman–Crippen MR) is 78.3 cm³/mol. The van der Waals surface area contributed by atoms with Crippen molar-refractivity contribution in [3.8, 4) is 0 Å². The van der Waals surface area contributed by atoms with Crippen LogP contribution in [0.3, 0.4) is 0 Å². The fourth-order valence-electron chi connectivity index (χ4n) is 2.30. The maximum atomic E-state index is 12.6. The molecule has 0 fully saturated rings. The van der Waals surface area contributed by atoms with Crippen molar-refractivity contribution in [1.29, 1.82) is 0 Å². The van der Waals surface area contributed by atoms with Gasteiger partial charge in [-0.15, -0.1) is 11.3 Å². The van der Waals surface area contributed by atoms with Crippen molar-refractivity contribution in [2.45, 2.75) is 38.4 Å². The molecule has 1 atom stereocenters. The topological polar surface area (TPSA) is 12.0 Å². The van der Waals surface area contributed by atoms with E-state index >= 15 is 0 Å². The molecular weight excluding hydrogens is 283 g/mol. The minimum absolute atomic E-state index is 0.420. The van der Waals surface area contributed by atoms with E-state index in [0.717, 1.165) is 22.1 Å². The summed E-state index contributed by atoms with van der Waals surface area (Å²) in [6, 6.07) is 7.31. The van der Waals surface area contributed by atoms with Crippen LogP contribution in [0.1, 0.15) is 25.3 Å². The van der Waals surface area contributed by atoms with E-state index in [4.69, 9.17) is 0 Å². The Kier molecular flexibility index (Phi) is 5.05. The average molecular weight is 301 g/mol. The molecule has 20 heavy (non-hydrogen) atoms. The molecule has 0 saturated carbocycles. The van der Waals surface area contributed by atoms with Crippen LogP contribution in [0.2, 0.25) is 0 Å². The van der Waals surface area contributed by atoms with E-state index in [1.54, 1.807) is 11.3 Å². The number of rotatable bonds is 6. The third-order valence-corrected chi connectivity index (χ3v) is 4.20. The lowest BCUT2D eigenvalue weighted by molar-refractivity contribution is -0.139. The Balaban J connectivity index is 2.13. The average Bonchev–Trinajstić information content (AvgIpc) is 2.78. The van der Waals surface area contributed by atoms with Crippen molar-refractivity contribution in [2.24, 2.45) is 0 Å². The summed E-state index contributed by atoms with van der Waals surface area (Å²) in [7, 11) is 0. The lowest BCUT2D eigenvalue weighted by atomic mass is 10.0. The van der Waals surface area contributed by atoms with Crippen LogP contribution in [0, 0.1) is 0 Å². The van der Waals surface area contributed by atoms with Crippen LogP contribution >= 0.6 is 11.3 Å². The molecule has 0 aliphatic heterocycles. The zero-order valence-corrected chi connectivity index (χ0v) is 12.2. The molecule has 0 aliphatic rings. The number of alkyl halides is 3. The molecule has 5 heteroatoms. The van der Waals surface area contributed by atoms with Gasteiger partial charge in [-0.1, -0.05) is 25.1 Å². The second-order valence-corrected chi connectivity index (χ2v) is 5.84. The van der Waals surface area contributed by atoms with Gasteiger partial charge in [0.2, 0.25) is 0 Å². The van der Waals surface area contributed by atoms with Crippen LogP contribution in [0.4, 0.5) is 13.2 Å². The van der Waals surface area contributed by atoms with Gasteiger partial charge >= 0.3 is 6.18 Å². The van der Waals surface area contributed by atoms with Gasteiger partial charge in [-0.05, 0) is 41.8 Å². The molecule has 1 nitrogen and oxygen atoms in total. The predicted octanol–water partition coefficient (Wildman–Crippen LogP) is 4.76. The highest BCUT2D eigenvalue weighted by atomic mass is 32.1. The molecule has 1 aromatic carbocycles. The first-order chi connectivity index (χ1) is 9.49. The summed E-state index contributed by atoms with van der Waals surface area (Å²) < 4.78 is 39.0. The van der Waals surface area contributed by atoms with Crippen molar-refractivity contribution in [3.05, 3.63) is 35.2 Å². The normalized spacial score (nSPS) is 13.8. The Morgan fingerprint density at radius 1 is 1.25 bits per heavy atom. The van der Waals surface area contributed by atoms with Crippen molar-refractivity contribution in [3.63, 3.8) is 0 Å². The van der Waals surface area contributed by atoms with Gasteiger partial charge in [0, 0.05) is 10.7 Å². The van der Waals surface area contributed by atoms with Crippen molar-refractivity contribution >= 4 is 21.4 Å². The molecule has 2 rings (SSSR count). The molecule has 110 valence electrons. The second-order valence-electron chi connectivity index (χ2n) is 4.93. The summed E-state index contributed by atoms with van der Waals surface area (Å²) in [4.78, 5) is 0. The van der Waals surface area contributed by atoms with E-state index in [0.29, 0.717) is 13.0 Å². The Morgan fingerprint density at radius 2 is 2.00 bits per heavy atom. The van der Waals surface area contributed by atoms with Crippen LogP contribution in [0.15, 0.2) is 29.6 Å². The molecule has 1 heterocycles. The molecule has 2 aromatic rings. The zero-order valence-electron chi connectivity index (χ0n) is 11.3. The van der Waals surface area contributed by atoms with Crippen LogP contribution < -0.4 is 5.32 Å². The first-order valence-corrected chi connectivity index (χ1v) is 7.63. The minimum atomic E-state index is -4.13. The van der Waals surface area contributed by atoms with Crippen LogP contribution in [0.5, 0.6) is 0 Å². The van der Waals surface area contributed by atoms with Gasteiger partial charge < -0.3 is 5.32 Å².